The van der Waals surface area contributed by atoms with Crippen LogP contribution in [0.4, 0.5) is 4.39 Å². The summed E-state index contributed by atoms with van der Waals surface area (Å²) in [6, 6.07) is 4.83. The lowest BCUT2D eigenvalue weighted by atomic mass is 10.1. The van der Waals surface area contributed by atoms with E-state index in [9.17, 15) is 4.39 Å². The molecule has 0 aliphatic carbocycles. The van der Waals surface area contributed by atoms with E-state index in [-0.39, 0.29) is 12.4 Å². The van der Waals surface area contributed by atoms with Gasteiger partial charge in [-0.1, -0.05) is 19.9 Å². The van der Waals surface area contributed by atoms with E-state index in [1.165, 1.54) is 6.07 Å². The SMILES string of the molecule is CN=C(NCc1ccc(F)c(CO)c1)N1CCSC(C(C)C)C1. The molecule has 6 heteroatoms. The van der Waals surface area contributed by atoms with Gasteiger partial charge in [-0.25, -0.2) is 4.39 Å². The van der Waals surface area contributed by atoms with Crippen molar-refractivity contribution in [1.29, 1.82) is 0 Å². The Morgan fingerprint density at radius 2 is 2.30 bits per heavy atom. The summed E-state index contributed by atoms with van der Waals surface area (Å²) in [6.07, 6.45) is 0. The molecule has 1 aromatic rings. The van der Waals surface area contributed by atoms with Gasteiger partial charge < -0.3 is 15.3 Å². The normalized spacial score (nSPS) is 19.3. The van der Waals surface area contributed by atoms with E-state index in [4.69, 9.17) is 5.11 Å². The summed E-state index contributed by atoms with van der Waals surface area (Å²) in [7, 11) is 1.79. The lowest BCUT2D eigenvalue weighted by Gasteiger charge is -2.36. The third-order valence-electron chi connectivity index (χ3n) is 4.08. The highest BCUT2D eigenvalue weighted by atomic mass is 32.2. The molecular formula is C17H26FN3OS. The molecule has 1 aromatic carbocycles. The Morgan fingerprint density at radius 3 is 2.96 bits per heavy atom. The molecule has 1 aliphatic rings. The Labute approximate surface area is 142 Å². The van der Waals surface area contributed by atoms with Crippen molar-refractivity contribution in [3.05, 3.63) is 35.1 Å². The number of aliphatic hydroxyl groups is 1. The number of aliphatic hydroxyl groups excluding tert-OH is 1. The Hall–Kier alpha value is -1.27. The predicted octanol–water partition coefficient (Wildman–Crippen LogP) is 2.47. The van der Waals surface area contributed by atoms with E-state index in [1.54, 1.807) is 19.2 Å². The van der Waals surface area contributed by atoms with Gasteiger partial charge in [0.1, 0.15) is 5.82 Å². The van der Waals surface area contributed by atoms with Gasteiger partial charge >= 0.3 is 0 Å². The van der Waals surface area contributed by atoms with Crippen LogP contribution < -0.4 is 5.32 Å². The van der Waals surface area contributed by atoms with Crippen molar-refractivity contribution < 1.29 is 9.50 Å². The number of rotatable bonds is 4. The maximum absolute atomic E-state index is 13.4. The third kappa shape index (κ3) is 4.85. The van der Waals surface area contributed by atoms with Gasteiger partial charge in [-0.05, 0) is 23.6 Å². The average molecular weight is 339 g/mol. The maximum Gasteiger partial charge on any atom is 0.193 e. The standard InChI is InChI=1S/C17H26FN3OS/c1-12(2)16-10-21(6-7-23-16)17(19-3)20-9-13-4-5-15(18)14(8-13)11-22/h4-5,8,12,16,22H,6-7,9-11H2,1-3H3,(H,19,20). The summed E-state index contributed by atoms with van der Waals surface area (Å²) in [5.41, 5.74) is 1.26. The van der Waals surface area contributed by atoms with E-state index in [0.717, 1.165) is 30.4 Å². The molecule has 0 spiro atoms. The van der Waals surface area contributed by atoms with Gasteiger partial charge in [0.15, 0.2) is 5.96 Å². The molecule has 0 saturated carbocycles. The van der Waals surface area contributed by atoms with Crippen molar-refractivity contribution in [2.75, 3.05) is 25.9 Å². The first-order chi connectivity index (χ1) is 11.0. The molecule has 1 saturated heterocycles. The van der Waals surface area contributed by atoms with Gasteiger partial charge in [-0.2, -0.15) is 11.8 Å². The van der Waals surface area contributed by atoms with Crippen LogP contribution >= 0.6 is 11.8 Å². The summed E-state index contributed by atoms with van der Waals surface area (Å²) < 4.78 is 13.4. The van der Waals surface area contributed by atoms with Crippen LogP contribution in [0.3, 0.4) is 0 Å². The second kappa shape index (κ2) is 8.55. The fourth-order valence-corrected chi connectivity index (χ4v) is 3.94. The monoisotopic (exact) mass is 339 g/mol. The molecule has 2 N–H and O–H groups in total. The number of guanidine groups is 1. The molecule has 0 aromatic heterocycles. The molecule has 4 nitrogen and oxygen atoms in total. The van der Waals surface area contributed by atoms with E-state index in [0.29, 0.717) is 23.3 Å². The number of benzene rings is 1. The average Bonchev–Trinajstić information content (AvgIpc) is 2.57. The summed E-state index contributed by atoms with van der Waals surface area (Å²) in [4.78, 5) is 6.67. The molecule has 1 fully saturated rings. The topological polar surface area (TPSA) is 47.9 Å². The number of nitrogens with one attached hydrogen (secondary N) is 1. The summed E-state index contributed by atoms with van der Waals surface area (Å²) in [5, 5.41) is 13.1. The number of hydrogen-bond acceptors (Lipinski definition) is 3. The molecule has 1 heterocycles. The zero-order chi connectivity index (χ0) is 16.8. The smallest absolute Gasteiger partial charge is 0.193 e. The van der Waals surface area contributed by atoms with Gasteiger partial charge in [-0.15, -0.1) is 0 Å². The second-order valence-electron chi connectivity index (χ2n) is 6.08. The largest absolute Gasteiger partial charge is 0.392 e. The molecule has 1 aliphatic heterocycles. The van der Waals surface area contributed by atoms with Crippen molar-refractivity contribution in [3.8, 4) is 0 Å². The number of nitrogens with zero attached hydrogens (tertiary/aromatic N) is 2. The summed E-state index contributed by atoms with van der Waals surface area (Å²) >= 11 is 2.03. The van der Waals surface area contributed by atoms with Gasteiger partial charge in [-0.3, -0.25) is 4.99 Å². The number of halogens is 1. The minimum Gasteiger partial charge on any atom is -0.392 e. The molecule has 23 heavy (non-hydrogen) atoms. The lowest BCUT2D eigenvalue weighted by molar-refractivity contribution is 0.275. The van der Waals surface area contributed by atoms with Crippen LogP contribution in [0.1, 0.15) is 25.0 Å². The summed E-state index contributed by atoms with van der Waals surface area (Å²) in [5.74, 6) is 2.26. The van der Waals surface area contributed by atoms with E-state index in [1.807, 2.05) is 11.8 Å². The van der Waals surface area contributed by atoms with Crippen molar-refractivity contribution in [3.63, 3.8) is 0 Å². The second-order valence-corrected chi connectivity index (χ2v) is 7.43. The highest BCUT2D eigenvalue weighted by Crippen LogP contribution is 2.24. The number of thioether (sulfide) groups is 1. The van der Waals surface area contributed by atoms with Gasteiger partial charge in [0.2, 0.25) is 0 Å². The highest BCUT2D eigenvalue weighted by Gasteiger charge is 2.24. The molecule has 0 radical (unpaired) electrons. The fourth-order valence-electron chi connectivity index (χ4n) is 2.64. The molecule has 2 rings (SSSR count). The van der Waals surface area contributed by atoms with Crippen molar-refractivity contribution >= 4 is 17.7 Å². The van der Waals surface area contributed by atoms with Crippen LogP contribution in [-0.4, -0.2) is 47.1 Å². The molecule has 1 unspecified atom stereocenters. The van der Waals surface area contributed by atoms with Gasteiger partial charge in [0.25, 0.3) is 0 Å². The van der Waals surface area contributed by atoms with Crippen LogP contribution in [-0.2, 0) is 13.2 Å². The first-order valence-corrected chi connectivity index (χ1v) is 9.05. The molecule has 0 bridgehead atoms. The molecule has 128 valence electrons. The zero-order valence-corrected chi connectivity index (χ0v) is 14.9. The number of hydrogen-bond donors (Lipinski definition) is 2. The van der Waals surface area contributed by atoms with Crippen molar-refractivity contribution in [2.24, 2.45) is 10.9 Å². The first-order valence-electron chi connectivity index (χ1n) is 8.00. The van der Waals surface area contributed by atoms with Crippen molar-refractivity contribution in [1.82, 2.24) is 10.2 Å². The maximum atomic E-state index is 13.4. The van der Waals surface area contributed by atoms with E-state index in [2.05, 4.69) is 29.1 Å². The Kier molecular flexibility index (Phi) is 6.72. The molecular weight excluding hydrogens is 313 g/mol. The van der Waals surface area contributed by atoms with E-state index < -0.39 is 0 Å². The fraction of sp³-hybridized carbons (Fsp3) is 0.588. The zero-order valence-electron chi connectivity index (χ0n) is 14.1. The summed E-state index contributed by atoms with van der Waals surface area (Å²) in [6.45, 7) is 6.77. The highest BCUT2D eigenvalue weighted by molar-refractivity contribution is 8.00. The Bertz CT molecular complexity index is 551. The van der Waals surface area contributed by atoms with Crippen molar-refractivity contribution in [2.45, 2.75) is 32.2 Å². The predicted molar refractivity (Wildman–Crippen MR) is 95.2 cm³/mol. The van der Waals surface area contributed by atoms with Gasteiger partial charge in [0.05, 0.1) is 6.61 Å². The minimum atomic E-state index is -0.367. The quantitative estimate of drug-likeness (QED) is 0.653. The molecule has 1 atom stereocenters. The van der Waals surface area contributed by atoms with E-state index >= 15 is 0 Å². The minimum absolute atomic E-state index is 0.284. The van der Waals surface area contributed by atoms with Crippen LogP contribution in [0.5, 0.6) is 0 Å². The first kappa shape index (κ1) is 18.1. The Balaban J connectivity index is 1.97. The molecule has 0 amide bonds. The Morgan fingerprint density at radius 1 is 1.52 bits per heavy atom. The lowest BCUT2D eigenvalue weighted by Crippen LogP contribution is -2.48. The third-order valence-corrected chi connectivity index (χ3v) is 5.62. The van der Waals surface area contributed by atoms with Gasteiger partial charge in [0, 0.05) is 43.2 Å². The van der Waals surface area contributed by atoms with Crippen LogP contribution in [0.15, 0.2) is 23.2 Å². The number of aliphatic imine (C=N–C) groups is 1. The van der Waals surface area contributed by atoms with Crippen LogP contribution in [0.25, 0.3) is 0 Å². The van der Waals surface area contributed by atoms with Crippen LogP contribution in [0, 0.1) is 11.7 Å². The van der Waals surface area contributed by atoms with Crippen LogP contribution in [0.2, 0.25) is 0 Å².